The van der Waals surface area contributed by atoms with E-state index in [1.807, 2.05) is 23.6 Å². The van der Waals surface area contributed by atoms with Crippen LogP contribution in [0.2, 0.25) is 0 Å². The Hall–Kier alpha value is -4.19. The van der Waals surface area contributed by atoms with Gasteiger partial charge in [0.2, 0.25) is 0 Å². The molecule has 0 saturated carbocycles. The van der Waals surface area contributed by atoms with Crippen molar-refractivity contribution in [2.45, 2.75) is 32.7 Å². The summed E-state index contributed by atoms with van der Waals surface area (Å²) in [7, 11) is 0. The maximum absolute atomic E-state index is 13.9. The number of phenolic OH excluding ortho intramolecular Hbond substituents is 1. The highest BCUT2D eigenvalue weighted by atomic mass is 19.1. The molecule has 1 aliphatic heterocycles. The van der Waals surface area contributed by atoms with Crippen LogP contribution in [0, 0.1) is 24.1 Å². The topological polar surface area (TPSA) is 109 Å². The Labute approximate surface area is 195 Å². The van der Waals surface area contributed by atoms with Crippen molar-refractivity contribution in [2.75, 3.05) is 18.5 Å². The molecule has 0 radical (unpaired) electrons. The number of benzene rings is 2. The first kappa shape index (κ1) is 21.6. The van der Waals surface area contributed by atoms with Crippen molar-refractivity contribution in [3.63, 3.8) is 0 Å². The van der Waals surface area contributed by atoms with Crippen LogP contribution in [0.3, 0.4) is 0 Å². The zero-order valence-corrected chi connectivity index (χ0v) is 19.1. The predicted molar refractivity (Wildman–Crippen MR) is 125 cm³/mol. The van der Waals surface area contributed by atoms with Crippen molar-refractivity contribution in [1.29, 1.82) is 5.26 Å². The first-order valence-electron chi connectivity index (χ1n) is 10.9. The van der Waals surface area contributed by atoms with Crippen LogP contribution in [0.4, 0.5) is 10.2 Å². The van der Waals surface area contributed by atoms with Crippen LogP contribution in [0.5, 0.6) is 11.8 Å². The quantitative estimate of drug-likeness (QED) is 0.459. The number of phenols is 1. The summed E-state index contributed by atoms with van der Waals surface area (Å²) in [4.78, 5) is 13.7. The lowest BCUT2D eigenvalue weighted by molar-refractivity contribution is 0.268. The first-order valence-corrected chi connectivity index (χ1v) is 10.9. The molecular weight excluding hydrogens is 435 g/mol. The fraction of sp³-hybridized carbons (Fsp3) is 0.280. The van der Waals surface area contributed by atoms with Crippen LogP contribution in [0.15, 0.2) is 36.4 Å². The third kappa shape index (κ3) is 3.77. The van der Waals surface area contributed by atoms with Crippen LogP contribution in [-0.4, -0.2) is 37.8 Å². The molecule has 9 heteroatoms. The van der Waals surface area contributed by atoms with Gasteiger partial charge in [0.15, 0.2) is 17.0 Å². The Morgan fingerprint density at radius 2 is 2.03 bits per heavy atom. The minimum Gasteiger partial charge on any atom is -0.507 e. The summed E-state index contributed by atoms with van der Waals surface area (Å²) in [5, 5.41) is 22.8. The molecule has 0 aliphatic carbocycles. The standard InChI is InChI=1S/C25H23FN6O2/c1-14-29-22(21-23(30-14)32-24(31-21)34-13-25(32,2)3)28-7-6-15-4-5-20(33)19(10-15)17-8-16(12-27)9-18(26)11-17/h4-5,8-11,33H,6-7,13H2,1-3H3,(H,28,29,30). The molecule has 5 rings (SSSR count). The second-order valence-electron chi connectivity index (χ2n) is 8.99. The molecule has 4 aromatic rings. The lowest BCUT2D eigenvalue weighted by Crippen LogP contribution is -2.26. The highest BCUT2D eigenvalue weighted by molar-refractivity contribution is 5.84. The zero-order chi connectivity index (χ0) is 24.0. The SMILES string of the molecule is Cc1nc(NCCc2ccc(O)c(-c3cc(F)cc(C#N)c3)c2)c2nc3n(c2n1)C(C)(C)CO3. The number of halogens is 1. The predicted octanol–water partition coefficient (Wildman–Crippen LogP) is 4.30. The normalized spacial score (nSPS) is 14.0. The fourth-order valence-electron chi connectivity index (χ4n) is 4.22. The molecule has 34 heavy (non-hydrogen) atoms. The lowest BCUT2D eigenvalue weighted by atomic mass is 9.99. The van der Waals surface area contributed by atoms with Crippen LogP contribution >= 0.6 is 0 Å². The Balaban J connectivity index is 1.39. The third-order valence-electron chi connectivity index (χ3n) is 5.85. The van der Waals surface area contributed by atoms with E-state index in [2.05, 4.69) is 34.1 Å². The summed E-state index contributed by atoms with van der Waals surface area (Å²) in [6.07, 6.45) is 0.619. The number of anilines is 1. The van der Waals surface area contributed by atoms with Crippen molar-refractivity contribution >= 4 is 17.0 Å². The Morgan fingerprint density at radius 3 is 2.82 bits per heavy atom. The van der Waals surface area contributed by atoms with Crippen LogP contribution in [-0.2, 0) is 12.0 Å². The maximum Gasteiger partial charge on any atom is 0.299 e. The third-order valence-corrected chi connectivity index (χ3v) is 5.85. The van der Waals surface area contributed by atoms with E-state index >= 15 is 0 Å². The molecule has 0 bridgehead atoms. The average Bonchev–Trinajstić information content (AvgIpc) is 3.31. The number of aryl methyl sites for hydroxylation is 1. The largest absolute Gasteiger partial charge is 0.507 e. The molecule has 2 N–H and O–H groups in total. The molecule has 1 aliphatic rings. The van der Waals surface area contributed by atoms with Crippen molar-refractivity contribution in [3.8, 4) is 29.0 Å². The number of nitrogens with zero attached hydrogens (tertiary/aromatic N) is 5. The Morgan fingerprint density at radius 1 is 1.21 bits per heavy atom. The van der Waals surface area contributed by atoms with Gasteiger partial charge in [-0.2, -0.15) is 10.2 Å². The summed E-state index contributed by atoms with van der Waals surface area (Å²) < 4.78 is 21.7. The summed E-state index contributed by atoms with van der Waals surface area (Å²) in [6, 6.07) is 11.7. The Kier molecular flexibility index (Phi) is 5.09. The van der Waals surface area contributed by atoms with E-state index in [9.17, 15) is 9.50 Å². The number of hydrogen-bond acceptors (Lipinski definition) is 7. The van der Waals surface area contributed by atoms with E-state index in [4.69, 9.17) is 10.00 Å². The minimum absolute atomic E-state index is 0.0227. The number of imidazole rings is 1. The molecule has 0 saturated heterocycles. The van der Waals surface area contributed by atoms with E-state index in [-0.39, 0.29) is 16.9 Å². The number of nitrogens with one attached hydrogen (secondary N) is 1. The van der Waals surface area contributed by atoms with Gasteiger partial charge < -0.3 is 15.2 Å². The Bertz CT molecular complexity index is 1470. The summed E-state index contributed by atoms with van der Waals surface area (Å²) in [5.74, 6) is 0.760. The first-order chi connectivity index (χ1) is 16.2. The molecule has 172 valence electrons. The monoisotopic (exact) mass is 458 g/mol. The van der Waals surface area contributed by atoms with Gasteiger partial charge >= 0.3 is 0 Å². The lowest BCUT2D eigenvalue weighted by Gasteiger charge is -2.18. The summed E-state index contributed by atoms with van der Waals surface area (Å²) in [6.45, 7) is 7.09. The molecule has 0 atom stereocenters. The summed E-state index contributed by atoms with van der Waals surface area (Å²) in [5.41, 5.74) is 3.20. The number of aromatic hydroxyl groups is 1. The highest BCUT2D eigenvalue weighted by Crippen LogP contribution is 2.36. The van der Waals surface area contributed by atoms with Crippen molar-refractivity contribution in [3.05, 3.63) is 59.2 Å². The molecule has 0 fully saturated rings. The van der Waals surface area contributed by atoms with E-state index < -0.39 is 5.82 Å². The molecule has 0 spiro atoms. The van der Waals surface area contributed by atoms with Gasteiger partial charge in [0.25, 0.3) is 6.01 Å². The number of fused-ring (bicyclic) bond motifs is 3. The van der Waals surface area contributed by atoms with Gasteiger partial charge in [0.05, 0.1) is 17.2 Å². The smallest absolute Gasteiger partial charge is 0.299 e. The van der Waals surface area contributed by atoms with Crippen LogP contribution < -0.4 is 10.1 Å². The van der Waals surface area contributed by atoms with Crippen molar-refractivity contribution in [1.82, 2.24) is 19.5 Å². The highest BCUT2D eigenvalue weighted by Gasteiger charge is 2.35. The van der Waals surface area contributed by atoms with E-state index in [0.717, 1.165) is 17.3 Å². The van der Waals surface area contributed by atoms with Crippen LogP contribution in [0.25, 0.3) is 22.3 Å². The van der Waals surface area contributed by atoms with E-state index in [0.29, 0.717) is 53.9 Å². The molecular formula is C25H23FN6O2. The maximum atomic E-state index is 13.9. The van der Waals surface area contributed by atoms with Gasteiger partial charge in [0, 0.05) is 12.1 Å². The number of ether oxygens (including phenoxy) is 1. The van der Waals surface area contributed by atoms with Gasteiger partial charge in [-0.25, -0.2) is 14.4 Å². The number of nitriles is 1. The fourth-order valence-corrected chi connectivity index (χ4v) is 4.22. The molecule has 2 aromatic carbocycles. The molecule has 3 heterocycles. The number of aromatic nitrogens is 4. The molecule has 2 aromatic heterocycles. The van der Waals surface area contributed by atoms with Crippen molar-refractivity contribution in [2.24, 2.45) is 0 Å². The molecule has 8 nitrogen and oxygen atoms in total. The van der Waals surface area contributed by atoms with Gasteiger partial charge in [0.1, 0.15) is 24.0 Å². The van der Waals surface area contributed by atoms with Crippen molar-refractivity contribution < 1.29 is 14.2 Å². The molecule has 0 unspecified atom stereocenters. The minimum atomic E-state index is -0.525. The average molecular weight is 458 g/mol. The van der Waals surface area contributed by atoms with Gasteiger partial charge in [-0.1, -0.05) is 6.07 Å². The van der Waals surface area contributed by atoms with Gasteiger partial charge in [-0.15, -0.1) is 0 Å². The number of rotatable bonds is 5. The molecule has 0 amide bonds. The van der Waals surface area contributed by atoms with Gasteiger partial charge in [-0.3, -0.25) is 4.57 Å². The van der Waals surface area contributed by atoms with E-state index in [1.165, 1.54) is 6.07 Å². The second-order valence-corrected chi connectivity index (χ2v) is 8.99. The van der Waals surface area contributed by atoms with E-state index in [1.54, 1.807) is 18.2 Å². The van der Waals surface area contributed by atoms with Crippen LogP contribution in [0.1, 0.15) is 30.8 Å². The summed E-state index contributed by atoms with van der Waals surface area (Å²) >= 11 is 0. The zero-order valence-electron chi connectivity index (χ0n) is 19.1. The second kappa shape index (κ2) is 7.99. The number of hydrogen-bond donors (Lipinski definition) is 2. The van der Waals surface area contributed by atoms with Gasteiger partial charge in [-0.05, 0) is 68.7 Å².